The van der Waals surface area contributed by atoms with Gasteiger partial charge in [-0.3, -0.25) is 9.48 Å². The third-order valence-electron chi connectivity index (χ3n) is 3.96. The number of nitrogens with zero attached hydrogens (tertiary/aromatic N) is 2. The van der Waals surface area contributed by atoms with Gasteiger partial charge in [-0.2, -0.15) is 5.10 Å². The van der Waals surface area contributed by atoms with Crippen LogP contribution in [-0.2, 0) is 16.1 Å². The van der Waals surface area contributed by atoms with E-state index in [2.05, 4.69) is 22.7 Å². The van der Waals surface area contributed by atoms with Crippen molar-refractivity contribution < 1.29 is 9.53 Å². The number of ether oxygens (including phenoxy) is 1. The van der Waals surface area contributed by atoms with Crippen LogP contribution in [-0.4, -0.2) is 41.0 Å². The molecular weight excluding hydrogens is 256 g/mol. The quantitative estimate of drug-likeness (QED) is 0.865. The summed E-state index contributed by atoms with van der Waals surface area (Å²) >= 11 is 0. The van der Waals surface area contributed by atoms with E-state index in [0.717, 1.165) is 6.54 Å². The summed E-state index contributed by atoms with van der Waals surface area (Å²) in [6, 6.07) is 1.70. The van der Waals surface area contributed by atoms with Gasteiger partial charge in [0.1, 0.15) is 6.04 Å². The maximum atomic E-state index is 12.3. The van der Waals surface area contributed by atoms with E-state index < -0.39 is 0 Å². The van der Waals surface area contributed by atoms with Crippen molar-refractivity contribution in [2.75, 3.05) is 18.5 Å². The van der Waals surface area contributed by atoms with Crippen LogP contribution in [0.1, 0.15) is 38.3 Å². The Bertz CT molecular complexity index is 495. The lowest BCUT2D eigenvalue weighted by Crippen LogP contribution is -2.53. The Hall–Kier alpha value is -1.40. The smallest absolute Gasteiger partial charge is 0.245 e. The fourth-order valence-corrected chi connectivity index (χ4v) is 2.68. The number of aryl methyl sites for hydroxylation is 1. The highest BCUT2D eigenvalue weighted by Crippen LogP contribution is 2.40. The van der Waals surface area contributed by atoms with Crippen molar-refractivity contribution in [3.8, 4) is 0 Å². The molecule has 1 saturated heterocycles. The van der Waals surface area contributed by atoms with Crippen LogP contribution in [0, 0.1) is 0 Å². The molecule has 3 rings (SSSR count). The molecule has 1 aliphatic heterocycles. The maximum absolute atomic E-state index is 12.3. The zero-order chi connectivity index (χ0) is 14.1. The second-order valence-corrected chi connectivity index (χ2v) is 5.54. The molecule has 0 bridgehead atoms. The average molecular weight is 278 g/mol. The van der Waals surface area contributed by atoms with Crippen molar-refractivity contribution in [3.63, 3.8) is 0 Å². The van der Waals surface area contributed by atoms with E-state index in [9.17, 15) is 4.79 Å². The summed E-state index contributed by atoms with van der Waals surface area (Å²) in [6.45, 7) is 6.18. The van der Waals surface area contributed by atoms with E-state index in [4.69, 9.17) is 4.74 Å². The van der Waals surface area contributed by atoms with Gasteiger partial charge >= 0.3 is 0 Å². The van der Waals surface area contributed by atoms with E-state index in [0.29, 0.717) is 24.9 Å². The molecule has 1 aromatic heterocycles. The fourth-order valence-electron chi connectivity index (χ4n) is 2.68. The largest absolute Gasteiger partial charge is 0.375 e. The predicted molar refractivity (Wildman–Crippen MR) is 75.7 cm³/mol. The van der Waals surface area contributed by atoms with E-state index in [1.54, 1.807) is 0 Å². The number of aromatic nitrogens is 2. The zero-order valence-electron chi connectivity index (χ0n) is 12.1. The highest BCUT2D eigenvalue weighted by Gasteiger charge is 2.31. The second kappa shape index (κ2) is 5.54. The molecule has 2 fully saturated rings. The van der Waals surface area contributed by atoms with E-state index in [-0.39, 0.29) is 18.1 Å². The van der Waals surface area contributed by atoms with Gasteiger partial charge in [-0.25, -0.2) is 0 Å². The summed E-state index contributed by atoms with van der Waals surface area (Å²) in [7, 11) is 0. The number of morpholine rings is 1. The van der Waals surface area contributed by atoms with Crippen molar-refractivity contribution in [1.82, 2.24) is 15.1 Å². The lowest BCUT2D eigenvalue weighted by atomic mass is 10.1. The van der Waals surface area contributed by atoms with Crippen molar-refractivity contribution >= 4 is 11.7 Å². The molecule has 0 spiro atoms. The van der Waals surface area contributed by atoms with Gasteiger partial charge in [0.15, 0.2) is 5.82 Å². The highest BCUT2D eigenvalue weighted by molar-refractivity contribution is 5.94. The number of rotatable bonds is 4. The summed E-state index contributed by atoms with van der Waals surface area (Å²) in [6.07, 6.45) is 2.35. The molecule has 2 N–H and O–H groups in total. The Labute approximate surface area is 118 Å². The second-order valence-electron chi connectivity index (χ2n) is 5.54. The van der Waals surface area contributed by atoms with Crippen LogP contribution in [0.15, 0.2) is 6.07 Å². The summed E-state index contributed by atoms with van der Waals surface area (Å²) in [5, 5.41) is 10.6. The highest BCUT2D eigenvalue weighted by atomic mass is 16.5. The van der Waals surface area contributed by atoms with Gasteiger partial charge in [0.05, 0.1) is 12.7 Å². The molecular formula is C14H22N4O2. The first kappa shape index (κ1) is 13.6. The van der Waals surface area contributed by atoms with Crippen LogP contribution in [0.5, 0.6) is 0 Å². The lowest BCUT2D eigenvalue weighted by molar-refractivity contribution is -0.123. The first-order chi connectivity index (χ1) is 9.69. The lowest BCUT2D eigenvalue weighted by Gasteiger charge is -2.28. The topological polar surface area (TPSA) is 68.2 Å². The zero-order valence-corrected chi connectivity index (χ0v) is 12.1. The van der Waals surface area contributed by atoms with Gasteiger partial charge in [-0.05, 0) is 26.7 Å². The Morgan fingerprint density at radius 1 is 1.60 bits per heavy atom. The third-order valence-corrected chi connectivity index (χ3v) is 3.96. The molecule has 2 heterocycles. The molecule has 6 heteroatoms. The molecule has 1 saturated carbocycles. The van der Waals surface area contributed by atoms with E-state index in [1.807, 2.05) is 17.7 Å². The number of amides is 1. The molecule has 20 heavy (non-hydrogen) atoms. The number of carbonyl (C=O) groups is 1. The third kappa shape index (κ3) is 2.71. The molecule has 1 amide bonds. The maximum Gasteiger partial charge on any atom is 0.245 e. The summed E-state index contributed by atoms with van der Waals surface area (Å²) < 4.78 is 7.49. The number of anilines is 1. The minimum absolute atomic E-state index is 0.0692. The Kier molecular flexibility index (Phi) is 3.76. The monoisotopic (exact) mass is 278 g/mol. The molecule has 2 atom stereocenters. The van der Waals surface area contributed by atoms with E-state index in [1.165, 1.54) is 18.5 Å². The molecule has 2 aliphatic rings. The molecule has 0 unspecified atom stereocenters. The Balaban J connectivity index is 1.69. The summed E-state index contributed by atoms with van der Waals surface area (Å²) in [5.41, 5.74) is 1.24. The summed E-state index contributed by atoms with van der Waals surface area (Å²) in [5.74, 6) is 1.21. The first-order valence-corrected chi connectivity index (χ1v) is 7.42. The molecule has 1 aliphatic carbocycles. The Morgan fingerprint density at radius 3 is 3.05 bits per heavy atom. The normalized spacial score (nSPS) is 26.5. The summed E-state index contributed by atoms with van der Waals surface area (Å²) in [4.78, 5) is 12.3. The number of carbonyl (C=O) groups excluding carboxylic acids is 1. The standard InChI is InChI=1S/C14H22N4O2/c1-3-18-11(10-4-5-10)8-12(17-18)16-14(19)13-9(2)20-7-6-15-13/h8-10,13,15H,3-7H2,1-2H3,(H,16,17,19)/t9-,13+/m1/s1. The van der Waals surface area contributed by atoms with Crippen molar-refractivity contribution in [2.24, 2.45) is 0 Å². The first-order valence-electron chi connectivity index (χ1n) is 7.42. The Morgan fingerprint density at radius 2 is 2.40 bits per heavy atom. The fraction of sp³-hybridized carbons (Fsp3) is 0.714. The van der Waals surface area contributed by atoms with Crippen LogP contribution >= 0.6 is 0 Å². The number of hydrogen-bond donors (Lipinski definition) is 2. The molecule has 0 aromatic carbocycles. The van der Waals surface area contributed by atoms with Crippen molar-refractivity contribution in [3.05, 3.63) is 11.8 Å². The molecule has 6 nitrogen and oxygen atoms in total. The van der Waals surface area contributed by atoms with Crippen LogP contribution in [0.2, 0.25) is 0 Å². The van der Waals surface area contributed by atoms with E-state index >= 15 is 0 Å². The minimum atomic E-state index is -0.306. The molecule has 1 aromatic rings. The molecule has 110 valence electrons. The average Bonchev–Trinajstić information content (AvgIpc) is 3.21. The number of hydrogen-bond acceptors (Lipinski definition) is 4. The van der Waals surface area contributed by atoms with Gasteiger partial charge in [-0.15, -0.1) is 0 Å². The van der Waals surface area contributed by atoms with Gasteiger partial charge in [0.2, 0.25) is 5.91 Å². The van der Waals surface area contributed by atoms with Gasteiger partial charge in [-0.1, -0.05) is 0 Å². The van der Waals surface area contributed by atoms with Crippen molar-refractivity contribution in [2.45, 2.75) is 51.3 Å². The number of nitrogens with one attached hydrogen (secondary N) is 2. The van der Waals surface area contributed by atoms with Gasteiger partial charge < -0.3 is 15.4 Å². The van der Waals surface area contributed by atoms with Gasteiger partial charge in [0.25, 0.3) is 0 Å². The van der Waals surface area contributed by atoms with Crippen LogP contribution in [0.3, 0.4) is 0 Å². The van der Waals surface area contributed by atoms with Crippen LogP contribution < -0.4 is 10.6 Å². The van der Waals surface area contributed by atoms with Crippen molar-refractivity contribution in [1.29, 1.82) is 0 Å². The van der Waals surface area contributed by atoms with Crippen LogP contribution in [0.4, 0.5) is 5.82 Å². The SMILES string of the molecule is CCn1nc(NC(=O)[C@H]2NCCO[C@@H]2C)cc1C1CC1. The van der Waals surface area contributed by atoms with Gasteiger partial charge in [0, 0.05) is 30.8 Å². The minimum Gasteiger partial charge on any atom is -0.375 e. The predicted octanol–water partition coefficient (Wildman–Crippen LogP) is 1.10. The van der Waals surface area contributed by atoms with Crippen LogP contribution in [0.25, 0.3) is 0 Å². The molecule has 0 radical (unpaired) electrons.